The Morgan fingerprint density at radius 2 is 2.29 bits per heavy atom. The summed E-state index contributed by atoms with van der Waals surface area (Å²) in [5.41, 5.74) is 5.52. The Morgan fingerprint density at radius 3 is 3.00 bits per heavy atom. The van der Waals surface area contributed by atoms with Crippen LogP contribution in [0.25, 0.3) is 5.78 Å². The first-order valence-electron chi connectivity index (χ1n) is 5.44. The second kappa shape index (κ2) is 4.79. The van der Waals surface area contributed by atoms with Gasteiger partial charge in [0.15, 0.2) is 5.16 Å². The highest BCUT2D eigenvalue weighted by Crippen LogP contribution is 2.20. The van der Waals surface area contributed by atoms with Crippen molar-refractivity contribution in [2.24, 2.45) is 5.92 Å². The summed E-state index contributed by atoms with van der Waals surface area (Å²) in [6.45, 7) is 4.35. The van der Waals surface area contributed by atoms with E-state index in [1.807, 2.05) is 0 Å². The molecule has 3 N–H and O–H groups in total. The van der Waals surface area contributed by atoms with Crippen LogP contribution < -0.4 is 11.3 Å². The van der Waals surface area contributed by atoms with E-state index < -0.39 is 0 Å². The number of nitrogens with one attached hydrogen (secondary N) is 1. The lowest BCUT2D eigenvalue weighted by molar-refractivity contribution is 0.631. The van der Waals surface area contributed by atoms with Gasteiger partial charge in [-0.3, -0.25) is 9.78 Å². The van der Waals surface area contributed by atoms with Gasteiger partial charge in [-0.15, -0.1) is 10.2 Å². The molecule has 2 heterocycles. The van der Waals surface area contributed by atoms with E-state index in [0.717, 1.165) is 17.3 Å². The van der Waals surface area contributed by atoms with Crippen LogP contribution in [0.1, 0.15) is 20.3 Å². The Labute approximate surface area is 103 Å². The molecule has 0 aromatic carbocycles. The smallest absolute Gasteiger partial charge is 0.254 e. The molecule has 0 saturated carbocycles. The third-order valence-corrected chi connectivity index (χ3v) is 3.29. The molecule has 0 radical (unpaired) electrons. The van der Waals surface area contributed by atoms with Crippen molar-refractivity contribution in [3.63, 3.8) is 0 Å². The molecule has 0 bridgehead atoms. The van der Waals surface area contributed by atoms with E-state index in [9.17, 15) is 4.79 Å². The van der Waals surface area contributed by atoms with Crippen molar-refractivity contribution in [3.8, 4) is 0 Å². The molecule has 0 aliphatic carbocycles. The van der Waals surface area contributed by atoms with E-state index in [4.69, 9.17) is 5.73 Å². The maximum Gasteiger partial charge on any atom is 0.254 e. The summed E-state index contributed by atoms with van der Waals surface area (Å²) in [7, 11) is 0. The number of H-pyrrole nitrogens is 1. The average molecular weight is 253 g/mol. The van der Waals surface area contributed by atoms with Gasteiger partial charge in [0.2, 0.25) is 5.78 Å². The molecule has 0 atom stereocenters. The highest BCUT2D eigenvalue weighted by atomic mass is 32.2. The Kier molecular flexibility index (Phi) is 3.37. The van der Waals surface area contributed by atoms with Crippen LogP contribution in [-0.2, 0) is 0 Å². The maximum absolute atomic E-state index is 11.2. The van der Waals surface area contributed by atoms with E-state index in [-0.39, 0.29) is 5.56 Å². The normalized spacial score (nSPS) is 11.5. The molecule has 92 valence electrons. The van der Waals surface area contributed by atoms with E-state index in [0.29, 0.717) is 17.5 Å². The monoisotopic (exact) mass is 253 g/mol. The zero-order chi connectivity index (χ0) is 12.4. The minimum atomic E-state index is -0.263. The quantitative estimate of drug-likeness (QED) is 0.797. The SMILES string of the molecule is CC(C)CCSc1nnc2[nH]c(=O)cc(N)n12. The van der Waals surface area contributed by atoms with Crippen molar-refractivity contribution in [2.45, 2.75) is 25.4 Å². The summed E-state index contributed by atoms with van der Waals surface area (Å²) in [6, 6.07) is 1.34. The molecule has 0 saturated heterocycles. The van der Waals surface area contributed by atoms with Crippen LogP contribution in [0.15, 0.2) is 16.0 Å². The van der Waals surface area contributed by atoms with Gasteiger partial charge in [-0.1, -0.05) is 25.6 Å². The molecule has 0 aliphatic rings. The van der Waals surface area contributed by atoms with Crippen molar-refractivity contribution in [1.29, 1.82) is 0 Å². The Balaban J connectivity index is 2.27. The first-order chi connectivity index (χ1) is 8.08. The van der Waals surface area contributed by atoms with Crippen molar-refractivity contribution in [3.05, 3.63) is 16.4 Å². The van der Waals surface area contributed by atoms with Crippen LogP contribution in [0.5, 0.6) is 0 Å². The molecule has 0 spiro atoms. The lowest BCUT2D eigenvalue weighted by atomic mass is 10.2. The van der Waals surface area contributed by atoms with Crippen LogP contribution in [0.3, 0.4) is 0 Å². The Hall–Kier alpha value is -1.50. The number of nitrogens with zero attached hydrogens (tertiary/aromatic N) is 3. The zero-order valence-electron chi connectivity index (χ0n) is 9.80. The third-order valence-electron chi connectivity index (χ3n) is 2.33. The number of rotatable bonds is 4. The van der Waals surface area contributed by atoms with Gasteiger partial charge in [-0.2, -0.15) is 0 Å². The largest absolute Gasteiger partial charge is 0.385 e. The summed E-state index contributed by atoms with van der Waals surface area (Å²) in [5, 5.41) is 8.63. The highest BCUT2D eigenvalue weighted by molar-refractivity contribution is 7.99. The van der Waals surface area contributed by atoms with Crippen molar-refractivity contribution >= 4 is 23.4 Å². The molecule has 0 fully saturated rings. The first kappa shape index (κ1) is 12.0. The van der Waals surface area contributed by atoms with Gasteiger partial charge in [0.05, 0.1) is 0 Å². The minimum absolute atomic E-state index is 0.263. The molecular formula is C10H15N5OS. The van der Waals surface area contributed by atoms with Crippen molar-refractivity contribution in [1.82, 2.24) is 19.6 Å². The number of aromatic nitrogens is 4. The van der Waals surface area contributed by atoms with Gasteiger partial charge in [-0.05, 0) is 12.3 Å². The Morgan fingerprint density at radius 1 is 1.53 bits per heavy atom. The van der Waals surface area contributed by atoms with Crippen LogP contribution in [-0.4, -0.2) is 25.3 Å². The number of aromatic amines is 1. The molecule has 0 aliphatic heterocycles. The van der Waals surface area contributed by atoms with Crippen LogP contribution >= 0.6 is 11.8 Å². The number of fused-ring (bicyclic) bond motifs is 1. The molecule has 0 amide bonds. The van der Waals surface area contributed by atoms with E-state index >= 15 is 0 Å². The molecular weight excluding hydrogens is 238 g/mol. The summed E-state index contributed by atoms with van der Waals surface area (Å²) >= 11 is 1.59. The van der Waals surface area contributed by atoms with E-state index in [1.165, 1.54) is 6.07 Å². The lowest BCUT2D eigenvalue weighted by Gasteiger charge is -2.04. The average Bonchev–Trinajstić information content (AvgIpc) is 2.60. The highest BCUT2D eigenvalue weighted by Gasteiger charge is 2.09. The maximum atomic E-state index is 11.2. The lowest BCUT2D eigenvalue weighted by Crippen LogP contribution is -2.11. The number of hydrogen-bond donors (Lipinski definition) is 2. The van der Waals surface area contributed by atoms with Crippen molar-refractivity contribution < 1.29 is 0 Å². The molecule has 2 rings (SSSR count). The van der Waals surface area contributed by atoms with E-state index in [2.05, 4.69) is 29.0 Å². The Bertz CT molecular complexity index is 574. The van der Waals surface area contributed by atoms with E-state index in [1.54, 1.807) is 16.2 Å². The molecule has 2 aromatic heterocycles. The minimum Gasteiger partial charge on any atom is -0.385 e. The molecule has 17 heavy (non-hydrogen) atoms. The fourth-order valence-corrected chi connectivity index (χ4v) is 2.60. The summed E-state index contributed by atoms with van der Waals surface area (Å²) < 4.78 is 1.66. The van der Waals surface area contributed by atoms with Crippen molar-refractivity contribution in [2.75, 3.05) is 11.5 Å². The topological polar surface area (TPSA) is 89.1 Å². The summed E-state index contributed by atoms with van der Waals surface area (Å²) in [4.78, 5) is 13.8. The molecule has 2 aromatic rings. The molecule has 6 nitrogen and oxygen atoms in total. The van der Waals surface area contributed by atoms with Gasteiger partial charge in [0, 0.05) is 11.8 Å². The summed E-state index contributed by atoms with van der Waals surface area (Å²) in [6.07, 6.45) is 1.10. The fourth-order valence-electron chi connectivity index (χ4n) is 1.41. The molecule has 7 heteroatoms. The number of nitrogens with two attached hydrogens (primary N) is 1. The van der Waals surface area contributed by atoms with Gasteiger partial charge < -0.3 is 5.73 Å². The van der Waals surface area contributed by atoms with Gasteiger partial charge in [-0.25, -0.2) is 4.40 Å². The number of hydrogen-bond acceptors (Lipinski definition) is 5. The van der Waals surface area contributed by atoms with Crippen LogP contribution in [0, 0.1) is 5.92 Å². The summed E-state index contributed by atoms with van der Waals surface area (Å²) in [5.74, 6) is 2.36. The number of thioether (sulfide) groups is 1. The molecule has 0 unspecified atom stereocenters. The zero-order valence-corrected chi connectivity index (χ0v) is 10.6. The van der Waals surface area contributed by atoms with Crippen LogP contribution in [0.4, 0.5) is 5.82 Å². The third kappa shape index (κ3) is 2.60. The van der Waals surface area contributed by atoms with Gasteiger partial charge in [0.25, 0.3) is 5.56 Å². The second-order valence-electron chi connectivity index (χ2n) is 4.23. The second-order valence-corrected chi connectivity index (χ2v) is 5.29. The van der Waals surface area contributed by atoms with Crippen LogP contribution in [0.2, 0.25) is 0 Å². The number of anilines is 1. The first-order valence-corrected chi connectivity index (χ1v) is 6.43. The predicted molar refractivity (Wildman–Crippen MR) is 68.2 cm³/mol. The number of nitrogen functional groups attached to an aromatic ring is 1. The standard InChI is InChI=1S/C10H15N5OS/c1-6(2)3-4-17-10-14-13-9-12-8(16)5-7(11)15(9)10/h5-6H,3-4,11H2,1-2H3,(H,12,13,16). The predicted octanol–water partition coefficient (Wildman–Crippen LogP) is 1.14. The van der Waals surface area contributed by atoms with Gasteiger partial charge in [0.1, 0.15) is 5.82 Å². The van der Waals surface area contributed by atoms with Gasteiger partial charge >= 0.3 is 0 Å². The fraction of sp³-hybridized carbons (Fsp3) is 0.500.